The maximum atomic E-state index is 13.5. The van der Waals surface area contributed by atoms with Gasteiger partial charge in [0.25, 0.3) is 0 Å². The van der Waals surface area contributed by atoms with Crippen molar-refractivity contribution in [3.8, 4) is 11.3 Å². The molecule has 2 aliphatic rings. The molecule has 0 bridgehead atoms. The normalized spacial score (nSPS) is 15.9. The molecule has 3 aromatic rings. The average Bonchev–Trinajstić information content (AvgIpc) is 3.44. The molecule has 5 rings (SSSR count). The zero-order valence-corrected chi connectivity index (χ0v) is 17.1. The number of amides is 1. The smallest absolute Gasteiger partial charge is 0.226 e. The van der Waals surface area contributed by atoms with Crippen LogP contribution >= 0.6 is 0 Å². The summed E-state index contributed by atoms with van der Waals surface area (Å²) in [4.78, 5) is 16.6. The first-order chi connectivity index (χ1) is 15.0. The van der Waals surface area contributed by atoms with E-state index >= 15 is 0 Å². The van der Waals surface area contributed by atoms with E-state index in [1.54, 1.807) is 18.2 Å². The van der Waals surface area contributed by atoms with E-state index in [9.17, 15) is 18.0 Å². The van der Waals surface area contributed by atoms with Crippen LogP contribution in [0.5, 0.6) is 0 Å². The minimum atomic E-state index is -0.640. The van der Waals surface area contributed by atoms with Crippen LogP contribution in [-0.2, 0) is 4.79 Å². The number of aromatic amines is 1. The highest BCUT2D eigenvalue weighted by atomic mass is 19.1. The molecule has 1 heterocycles. The number of nitrogens with one attached hydrogen (secondary N) is 1. The summed E-state index contributed by atoms with van der Waals surface area (Å²) in [5.74, 6) is -1.02. The van der Waals surface area contributed by atoms with Crippen molar-refractivity contribution >= 4 is 16.8 Å². The van der Waals surface area contributed by atoms with Gasteiger partial charge in [0.05, 0.1) is 12.1 Å². The third kappa shape index (κ3) is 4.93. The second-order valence-electron chi connectivity index (χ2n) is 8.16. The lowest BCUT2D eigenvalue weighted by atomic mass is 9.84. The van der Waals surface area contributed by atoms with Gasteiger partial charge in [0, 0.05) is 35.7 Å². The fraction of sp³-hybridized carbons (Fsp3) is 0.375. The molecule has 2 aromatic carbocycles. The zero-order valence-electron chi connectivity index (χ0n) is 17.1. The van der Waals surface area contributed by atoms with Crippen LogP contribution in [0, 0.1) is 23.4 Å². The Morgan fingerprint density at radius 1 is 1.00 bits per heavy atom. The van der Waals surface area contributed by atoms with E-state index in [1.165, 1.54) is 24.6 Å². The van der Waals surface area contributed by atoms with Gasteiger partial charge in [-0.3, -0.25) is 4.79 Å². The third-order valence-electron chi connectivity index (χ3n) is 5.87. The number of halogens is 3. The van der Waals surface area contributed by atoms with E-state index in [0.717, 1.165) is 31.7 Å². The Balaban J connectivity index is 0.000000158. The molecular formula is C24H25F3N2O2. The minimum Gasteiger partial charge on any atom is -0.395 e. The number of fused-ring (bicyclic) bond motifs is 1. The Morgan fingerprint density at radius 3 is 2.29 bits per heavy atom. The van der Waals surface area contributed by atoms with Crippen molar-refractivity contribution in [2.24, 2.45) is 5.92 Å². The second-order valence-corrected chi connectivity index (χ2v) is 8.16. The molecule has 2 aliphatic carbocycles. The number of nitrogens with zero attached hydrogens (tertiary/aromatic N) is 1. The second kappa shape index (κ2) is 9.14. The third-order valence-corrected chi connectivity index (χ3v) is 5.87. The SMILES string of the molecule is Fc1ccc(-c2cc3cc(F)cc(F)c3[nH]2)cc1.O=C(C1CCC1)N(CCO)C1CC1. The van der Waals surface area contributed by atoms with Gasteiger partial charge in [0.15, 0.2) is 0 Å². The van der Waals surface area contributed by atoms with E-state index in [1.807, 2.05) is 4.90 Å². The first-order valence-electron chi connectivity index (χ1n) is 10.6. The van der Waals surface area contributed by atoms with Crippen molar-refractivity contribution in [2.75, 3.05) is 13.2 Å². The summed E-state index contributed by atoms with van der Waals surface area (Å²) in [6.07, 6.45) is 5.60. The molecule has 0 saturated heterocycles. The van der Waals surface area contributed by atoms with Crippen LogP contribution in [0.25, 0.3) is 22.2 Å². The average molecular weight is 430 g/mol. The lowest BCUT2D eigenvalue weighted by molar-refractivity contribution is -0.139. The Morgan fingerprint density at radius 2 is 1.71 bits per heavy atom. The maximum Gasteiger partial charge on any atom is 0.226 e. The Hall–Kier alpha value is -2.80. The Labute approximate surface area is 178 Å². The molecule has 0 atom stereocenters. The number of carbonyl (C=O) groups is 1. The molecule has 1 amide bonds. The highest BCUT2D eigenvalue weighted by molar-refractivity contribution is 5.86. The topological polar surface area (TPSA) is 56.3 Å². The molecule has 0 aliphatic heterocycles. The van der Waals surface area contributed by atoms with Gasteiger partial charge in [0.1, 0.15) is 17.5 Å². The summed E-state index contributed by atoms with van der Waals surface area (Å²) in [6, 6.07) is 9.96. The Kier molecular flexibility index (Phi) is 6.32. The predicted octanol–water partition coefficient (Wildman–Crippen LogP) is 5.02. The molecule has 2 saturated carbocycles. The quantitative estimate of drug-likeness (QED) is 0.597. The summed E-state index contributed by atoms with van der Waals surface area (Å²) < 4.78 is 39.4. The van der Waals surface area contributed by atoms with Crippen LogP contribution in [0.4, 0.5) is 13.2 Å². The largest absolute Gasteiger partial charge is 0.395 e. The van der Waals surface area contributed by atoms with Gasteiger partial charge < -0.3 is 15.0 Å². The molecule has 1 aromatic heterocycles. The molecule has 164 valence electrons. The maximum absolute atomic E-state index is 13.5. The van der Waals surface area contributed by atoms with Crippen LogP contribution in [0.1, 0.15) is 32.1 Å². The van der Waals surface area contributed by atoms with Crippen LogP contribution in [0.3, 0.4) is 0 Å². The van der Waals surface area contributed by atoms with Gasteiger partial charge in [-0.2, -0.15) is 0 Å². The number of hydrogen-bond donors (Lipinski definition) is 2. The van der Waals surface area contributed by atoms with Crippen molar-refractivity contribution < 1.29 is 23.1 Å². The predicted molar refractivity (Wildman–Crippen MR) is 113 cm³/mol. The van der Waals surface area contributed by atoms with E-state index in [4.69, 9.17) is 5.11 Å². The number of hydrogen-bond acceptors (Lipinski definition) is 2. The molecule has 0 spiro atoms. The number of H-pyrrole nitrogens is 1. The Bertz CT molecular complexity index is 1060. The fourth-order valence-corrected chi connectivity index (χ4v) is 3.81. The van der Waals surface area contributed by atoms with Gasteiger partial charge in [-0.05, 0) is 67.6 Å². The molecule has 2 fully saturated rings. The highest BCUT2D eigenvalue weighted by Crippen LogP contribution is 2.33. The summed E-state index contributed by atoms with van der Waals surface area (Å²) in [7, 11) is 0. The number of aromatic nitrogens is 1. The van der Waals surface area contributed by atoms with E-state index in [-0.39, 0.29) is 23.9 Å². The van der Waals surface area contributed by atoms with Crippen molar-refractivity contribution in [3.05, 3.63) is 59.9 Å². The first kappa shape index (κ1) is 21.4. The van der Waals surface area contributed by atoms with Crippen LogP contribution in [0.2, 0.25) is 0 Å². The number of rotatable bonds is 5. The highest BCUT2D eigenvalue weighted by Gasteiger charge is 2.37. The molecular weight excluding hydrogens is 405 g/mol. The standard InChI is InChI=1S/C14H8F3N.C10H17NO2/c15-10-3-1-8(2-4-10)13-6-9-5-11(16)7-12(17)14(9)18-13;12-7-6-11(9-4-5-9)10(13)8-2-1-3-8/h1-7,18H;8-9,12H,1-7H2. The van der Waals surface area contributed by atoms with Crippen molar-refractivity contribution in [2.45, 2.75) is 38.1 Å². The molecule has 0 unspecified atom stereocenters. The minimum absolute atomic E-state index is 0.106. The van der Waals surface area contributed by atoms with Gasteiger partial charge in [-0.25, -0.2) is 13.2 Å². The lowest BCUT2D eigenvalue weighted by Gasteiger charge is -2.31. The van der Waals surface area contributed by atoms with E-state index in [0.29, 0.717) is 35.1 Å². The van der Waals surface area contributed by atoms with E-state index in [2.05, 4.69) is 4.98 Å². The molecule has 7 heteroatoms. The van der Waals surface area contributed by atoms with Crippen LogP contribution in [-0.4, -0.2) is 40.1 Å². The zero-order chi connectivity index (χ0) is 22.0. The van der Waals surface area contributed by atoms with Crippen molar-refractivity contribution in [1.82, 2.24) is 9.88 Å². The summed E-state index contributed by atoms with van der Waals surface area (Å²) in [6.45, 7) is 0.648. The summed E-state index contributed by atoms with van der Waals surface area (Å²) in [5, 5.41) is 9.29. The number of carbonyl (C=O) groups excluding carboxylic acids is 1. The van der Waals surface area contributed by atoms with Crippen LogP contribution < -0.4 is 0 Å². The summed E-state index contributed by atoms with van der Waals surface area (Å²) in [5.41, 5.74) is 1.58. The van der Waals surface area contributed by atoms with Crippen LogP contribution in [0.15, 0.2) is 42.5 Å². The fourth-order valence-electron chi connectivity index (χ4n) is 3.81. The molecule has 4 nitrogen and oxygen atoms in total. The number of aliphatic hydroxyl groups excluding tert-OH is 1. The van der Waals surface area contributed by atoms with Gasteiger partial charge >= 0.3 is 0 Å². The number of benzene rings is 2. The summed E-state index contributed by atoms with van der Waals surface area (Å²) >= 11 is 0. The van der Waals surface area contributed by atoms with Gasteiger partial charge in [0.2, 0.25) is 5.91 Å². The molecule has 31 heavy (non-hydrogen) atoms. The van der Waals surface area contributed by atoms with E-state index < -0.39 is 11.6 Å². The van der Waals surface area contributed by atoms with Gasteiger partial charge in [-0.1, -0.05) is 6.42 Å². The van der Waals surface area contributed by atoms with Gasteiger partial charge in [-0.15, -0.1) is 0 Å². The lowest BCUT2D eigenvalue weighted by Crippen LogP contribution is -2.41. The number of aliphatic hydroxyl groups is 1. The molecule has 0 radical (unpaired) electrons. The van der Waals surface area contributed by atoms with Crippen molar-refractivity contribution in [3.63, 3.8) is 0 Å². The molecule has 2 N–H and O–H groups in total. The monoisotopic (exact) mass is 430 g/mol. The van der Waals surface area contributed by atoms with Crippen molar-refractivity contribution in [1.29, 1.82) is 0 Å². The first-order valence-corrected chi connectivity index (χ1v) is 10.6.